The lowest BCUT2D eigenvalue weighted by Crippen LogP contribution is -2.32. The van der Waals surface area contributed by atoms with E-state index < -0.39 is 0 Å². The molecule has 1 saturated heterocycles. The van der Waals surface area contributed by atoms with Gasteiger partial charge in [0.2, 0.25) is 0 Å². The van der Waals surface area contributed by atoms with Gasteiger partial charge in [-0.3, -0.25) is 0 Å². The van der Waals surface area contributed by atoms with Crippen LogP contribution in [0.25, 0.3) is 0 Å². The van der Waals surface area contributed by atoms with E-state index in [1.54, 1.807) is 11.1 Å². The van der Waals surface area contributed by atoms with E-state index in [-0.39, 0.29) is 0 Å². The number of benzene rings is 1. The summed E-state index contributed by atoms with van der Waals surface area (Å²) in [7, 11) is 0. The predicted molar refractivity (Wildman–Crippen MR) is 52.9 cm³/mol. The minimum atomic E-state index is 0.617. The van der Waals surface area contributed by atoms with E-state index in [1.807, 2.05) is 0 Å². The number of piperidine rings is 1. The summed E-state index contributed by atoms with van der Waals surface area (Å²) >= 11 is 0. The van der Waals surface area contributed by atoms with Crippen LogP contribution in [0.4, 0.5) is 0 Å². The molecule has 13 heavy (non-hydrogen) atoms. The molecule has 2 unspecified atom stereocenters. The van der Waals surface area contributed by atoms with Gasteiger partial charge in [-0.25, -0.2) is 5.32 Å². The van der Waals surface area contributed by atoms with E-state index in [1.165, 1.54) is 19.3 Å². The standard InChI is InChI=1S/C12H14N/c1-2-5-10-9(4-1)8-12-11(10)6-3-7-13-12/h1-2,4-5,11-12H,3,6-8H2. The molecule has 1 aliphatic carbocycles. The maximum absolute atomic E-state index is 4.71. The maximum atomic E-state index is 4.71. The normalized spacial score (nSPS) is 31.1. The van der Waals surface area contributed by atoms with E-state index in [0.717, 1.165) is 12.5 Å². The lowest BCUT2D eigenvalue weighted by Gasteiger charge is -2.25. The van der Waals surface area contributed by atoms with Crippen LogP contribution in [0, 0.1) is 0 Å². The molecule has 2 aliphatic rings. The van der Waals surface area contributed by atoms with Gasteiger partial charge in [-0.05, 0) is 30.4 Å². The molecule has 1 nitrogen and oxygen atoms in total. The van der Waals surface area contributed by atoms with Gasteiger partial charge in [-0.2, -0.15) is 0 Å². The Morgan fingerprint density at radius 2 is 2.15 bits per heavy atom. The predicted octanol–water partition coefficient (Wildman–Crippen LogP) is 2.09. The van der Waals surface area contributed by atoms with Gasteiger partial charge in [0.25, 0.3) is 0 Å². The second-order valence-corrected chi connectivity index (χ2v) is 4.13. The maximum Gasteiger partial charge on any atom is 0.0355 e. The average molecular weight is 172 g/mol. The highest BCUT2D eigenvalue weighted by Gasteiger charge is 2.34. The Morgan fingerprint density at radius 1 is 1.23 bits per heavy atom. The Labute approximate surface area is 79.2 Å². The molecule has 1 fully saturated rings. The lowest BCUT2D eigenvalue weighted by molar-refractivity contribution is 0.365. The number of hydrogen-bond donors (Lipinski definition) is 0. The Hall–Kier alpha value is -0.820. The van der Waals surface area contributed by atoms with Gasteiger partial charge < -0.3 is 0 Å². The summed E-state index contributed by atoms with van der Waals surface area (Å²) in [5, 5.41) is 4.71. The first-order valence-electron chi connectivity index (χ1n) is 5.19. The Bertz CT molecular complexity index is 319. The van der Waals surface area contributed by atoms with Crippen molar-refractivity contribution in [1.29, 1.82) is 0 Å². The highest BCUT2D eigenvalue weighted by Crippen LogP contribution is 2.38. The monoisotopic (exact) mass is 172 g/mol. The fourth-order valence-electron chi connectivity index (χ4n) is 2.76. The molecule has 0 saturated carbocycles. The van der Waals surface area contributed by atoms with Gasteiger partial charge in [0, 0.05) is 18.5 Å². The fraction of sp³-hybridized carbons (Fsp3) is 0.500. The third-order valence-electron chi connectivity index (χ3n) is 3.38. The summed E-state index contributed by atoms with van der Waals surface area (Å²) < 4.78 is 0. The van der Waals surface area contributed by atoms with E-state index in [9.17, 15) is 0 Å². The Balaban J connectivity index is 2.01. The van der Waals surface area contributed by atoms with Gasteiger partial charge in [0.15, 0.2) is 0 Å². The molecule has 67 valence electrons. The highest BCUT2D eigenvalue weighted by molar-refractivity contribution is 5.38. The molecule has 2 atom stereocenters. The summed E-state index contributed by atoms with van der Waals surface area (Å²) in [6.45, 7) is 1.09. The molecular formula is C12H14N. The SMILES string of the molecule is c1ccc2c(c1)CC1[N]CCCC21. The zero-order chi connectivity index (χ0) is 8.67. The first kappa shape index (κ1) is 7.57. The topological polar surface area (TPSA) is 14.1 Å². The van der Waals surface area contributed by atoms with Crippen molar-refractivity contribution in [1.82, 2.24) is 5.32 Å². The quantitative estimate of drug-likeness (QED) is 0.569. The number of rotatable bonds is 0. The lowest BCUT2D eigenvalue weighted by atomic mass is 9.90. The molecule has 0 spiro atoms. The fourth-order valence-corrected chi connectivity index (χ4v) is 2.76. The summed E-state index contributed by atoms with van der Waals surface area (Å²) in [4.78, 5) is 0. The molecule has 0 aromatic heterocycles. The van der Waals surface area contributed by atoms with Crippen LogP contribution in [0.5, 0.6) is 0 Å². The van der Waals surface area contributed by atoms with Crippen LogP contribution in [0.3, 0.4) is 0 Å². The first-order valence-corrected chi connectivity index (χ1v) is 5.19. The van der Waals surface area contributed by atoms with E-state index in [2.05, 4.69) is 24.3 Å². The first-order chi connectivity index (χ1) is 6.45. The van der Waals surface area contributed by atoms with Crippen molar-refractivity contribution in [2.75, 3.05) is 6.54 Å². The van der Waals surface area contributed by atoms with Crippen molar-refractivity contribution in [2.45, 2.75) is 31.2 Å². The number of fused-ring (bicyclic) bond motifs is 3. The van der Waals surface area contributed by atoms with Crippen molar-refractivity contribution in [3.05, 3.63) is 35.4 Å². The molecule has 1 heteroatoms. The van der Waals surface area contributed by atoms with Gasteiger partial charge in [0.05, 0.1) is 0 Å². The van der Waals surface area contributed by atoms with Crippen LogP contribution < -0.4 is 5.32 Å². The van der Waals surface area contributed by atoms with Crippen LogP contribution in [0.2, 0.25) is 0 Å². The van der Waals surface area contributed by atoms with Gasteiger partial charge in [0.1, 0.15) is 0 Å². The molecule has 0 amide bonds. The molecule has 1 aromatic rings. The smallest absolute Gasteiger partial charge is 0.0355 e. The summed E-state index contributed by atoms with van der Waals surface area (Å²) in [5.41, 5.74) is 3.12. The third kappa shape index (κ3) is 1.11. The summed E-state index contributed by atoms with van der Waals surface area (Å²) in [6.07, 6.45) is 3.83. The van der Waals surface area contributed by atoms with E-state index in [4.69, 9.17) is 5.32 Å². The largest absolute Gasteiger partial charge is 0.237 e. The van der Waals surface area contributed by atoms with Gasteiger partial charge in [-0.15, -0.1) is 0 Å². The van der Waals surface area contributed by atoms with Crippen molar-refractivity contribution < 1.29 is 0 Å². The zero-order valence-electron chi connectivity index (χ0n) is 7.74. The molecule has 1 aromatic carbocycles. The van der Waals surface area contributed by atoms with E-state index in [0.29, 0.717) is 6.04 Å². The van der Waals surface area contributed by atoms with Crippen LogP contribution in [-0.2, 0) is 6.42 Å². The molecule has 1 heterocycles. The summed E-state index contributed by atoms with van der Waals surface area (Å²) in [6, 6.07) is 9.49. The van der Waals surface area contributed by atoms with Crippen molar-refractivity contribution in [2.24, 2.45) is 0 Å². The minimum Gasteiger partial charge on any atom is -0.237 e. The van der Waals surface area contributed by atoms with Gasteiger partial charge >= 0.3 is 0 Å². The zero-order valence-corrected chi connectivity index (χ0v) is 7.74. The number of hydrogen-bond acceptors (Lipinski definition) is 0. The second-order valence-electron chi connectivity index (χ2n) is 4.13. The third-order valence-corrected chi connectivity index (χ3v) is 3.38. The Morgan fingerprint density at radius 3 is 3.15 bits per heavy atom. The van der Waals surface area contributed by atoms with Crippen molar-refractivity contribution in [3.63, 3.8) is 0 Å². The molecule has 1 radical (unpaired) electrons. The molecular weight excluding hydrogens is 158 g/mol. The molecule has 0 N–H and O–H groups in total. The average Bonchev–Trinajstić information content (AvgIpc) is 2.56. The van der Waals surface area contributed by atoms with Crippen LogP contribution in [0.15, 0.2) is 24.3 Å². The summed E-state index contributed by atoms with van der Waals surface area (Å²) in [5.74, 6) is 0.755. The molecule has 3 rings (SSSR count). The van der Waals surface area contributed by atoms with Gasteiger partial charge in [-0.1, -0.05) is 24.3 Å². The molecule has 1 aliphatic heterocycles. The van der Waals surface area contributed by atoms with Crippen molar-refractivity contribution in [3.8, 4) is 0 Å². The van der Waals surface area contributed by atoms with Crippen LogP contribution >= 0.6 is 0 Å². The number of nitrogens with zero attached hydrogens (tertiary/aromatic N) is 1. The van der Waals surface area contributed by atoms with Crippen molar-refractivity contribution >= 4 is 0 Å². The minimum absolute atomic E-state index is 0.617. The van der Waals surface area contributed by atoms with E-state index >= 15 is 0 Å². The van der Waals surface area contributed by atoms with Crippen LogP contribution in [0.1, 0.15) is 29.9 Å². The second kappa shape index (κ2) is 2.85. The Kier molecular flexibility index (Phi) is 1.66. The van der Waals surface area contributed by atoms with Crippen LogP contribution in [-0.4, -0.2) is 12.6 Å². The molecule has 0 bridgehead atoms. The highest BCUT2D eigenvalue weighted by atomic mass is 14.9.